The van der Waals surface area contributed by atoms with Crippen LogP contribution in [0.15, 0.2) is 29.4 Å². The summed E-state index contributed by atoms with van der Waals surface area (Å²) >= 11 is 1.65. The monoisotopic (exact) mass is 430 g/mol. The number of thioether (sulfide) groups is 1. The van der Waals surface area contributed by atoms with E-state index in [9.17, 15) is 9.18 Å². The van der Waals surface area contributed by atoms with Crippen LogP contribution >= 0.6 is 11.8 Å². The molecule has 0 bridgehead atoms. The predicted molar refractivity (Wildman–Crippen MR) is 117 cm³/mol. The van der Waals surface area contributed by atoms with Crippen LogP contribution in [0.5, 0.6) is 0 Å². The average Bonchev–Trinajstić information content (AvgIpc) is 3.51. The number of rotatable bonds is 8. The summed E-state index contributed by atoms with van der Waals surface area (Å²) in [5.41, 5.74) is 0.223. The normalized spacial score (nSPS) is 18.7. The molecule has 162 valence electrons. The van der Waals surface area contributed by atoms with Gasteiger partial charge in [-0.15, -0.1) is 10.2 Å². The maximum atomic E-state index is 13.8. The Balaban J connectivity index is 1.37. The lowest BCUT2D eigenvalue weighted by Gasteiger charge is -2.28. The van der Waals surface area contributed by atoms with Gasteiger partial charge < -0.3 is 9.88 Å². The number of nitrogens with one attached hydrogen (secondary N) is 1. The molecule has 1 N–H and O–H groups in total. The Bertz CT molecular complexity index is 872. The Morgan fingerprint density at radius 1 is 1.23 bits per heavy atom. The number of amides is 1. The molecule has 4 rings (SSSR count). The third kappa shape index (κ3) is 4.27. The first kappa shape index (κ1) is 21.3. The molecule has 2 saturated carbocycles. The van der Waals surface area contributed by atoms with Gasteiger partial charge >= 0.3 is 0 Å². The highest BCUT2D eigenvalue weighted by Crippen LogP contribution is 2.41. The molecule has 5 nitrogen and oxygen atoms in total. The van der Waals surface area contributed by atoms with E-state index in [1.54, 1.807) is 17.8 Å². The fourth-order valence-electron chi connectivity index (χ4n) is 5.18. The molecule has 1 amide bonds. The van der Waals surface area contributed by atoms with E-state index in [0.717, 1.165) is 55.1 Å². The van der Waals surface area contributed by atoms with Crippen molar-refractivity contribution in [2.24, 2.45) is 0 Å². The zero-order chi connectivity index (χ0) is 21.0. The van der Waals surface area contributed by atoms with Crippen LogP contribution in [0.2, 0.25) is 0 Å². The zero-order valence-corrected chi connectivity index (χ0v) is 18.5. The first-order chi connectivity index (χ1) is 14.6. The van der Waals surface area contributed by atoms with Gasteiger partial charge in [-0.05, 0) is 56.1 Å². The van der Waals surface area contributed by atoms with Crippen molar-refractivity contribution in [3.05, 3.63) is 41.5 Å². The van der Waals surface area contributed by atoms with Gasteiger partial charge in [0.15, 0.2) is 5.16 Å². The van der Waals surface area contributed by atoms with Gasteiger partial charge in [0.1, 0.15) is 11.6 Å². The van der Waals surface area contributed by atoms with Gasteiger partial charge in [0.2, 0.25) is 5.91 Å². The Kier molecular flexibility index (Phi) is 6.76. The van der Waals surface area contributed by atoms with Crippen molar-refractivity contribution >= 4 is 17.7 Å². The fourth-order valence-corrected chi connectivity index (χ4v) is 5.75. The first-order valence-electron chi connectivity index (χ1n) is 11.2. The number of benzene rings is 1. The average molecular weight is 431 g/mol. The molecule has 7 heteroatoms. The molecule has 0 spiro atoms. The second kappa shape index (κ2) is 9.50. The predicted octanol–water partition coefficient (Wildman–Crippen LogP) is 4.82. The minimum Gasteiger partial charge on any atom is -0.355 e. The van der Waals surface area contributed by atoms with Gasteiger partial charge in [-0.2, -0.15) is 0 Å². The summed E-state index contributed by atoms with van der Waals surface area (Å²) < 4.78 is 16.1. The summed E-state index contributed by atoms with van der Waals surface area (Å²) in [6, 6.07) is 7.08. The van der Waals surface area contributed by atoms with Crippen LogP contribution in [0, 0.1) is 5.82 Å². The third-order valence-electron chi connectivity index (χ3n) is 6.74. The van der Waals surface area contributed by atoms with E-state index >= 15 is 0 Å². The van der Waals surface area contributed by atoms with Crippen molar-refractivity contribution in [1.82, 2.24) is 20.1 Å². The lowest BCUT2D eigenvalue weighted by Crippen LogP contribution is -2.43. The van der Waals surface area contributed by atoms with Gasteiger partial charge in [0.05, 0.1) is 5.41 Å². The quantitative estimate of drug-likeness (QED) is 0.482. The number of hydrogen-bond acceptors (Lipinski definition) is 4. The molecule has 1 aromatic heterocycles. The van der Waals surface area contributed by atoms with Crippen molar-refractivity contribution in [3.8, 4) is 0 Å². The second-order valence-electron chi connectivity index (χ2n) is 8.57. The molecule has 2 aliphatic rings. The van der Waals surface area contributed by atoms with Crippen LogP contribution in [0.1, 0.15) is 75.2 Å². The van der Waals surface area contributed by atoms with Crippen molar-refractivity contribution in [3.63, 3.8) is 0 Å². The van der Waals surface area contributed by atoms with E-state index in [1.807, 2.05) is 12.3 Å². The van der Waals surface area contributed by atoms with Gasteiger partial charge in [-0.25, -0.2) is 4.39 Å². The van der Waals surface area contributed by atoms with Crippen molar-refractivity contribution < 1.29 is 9.18 Å². The van der Waals surface area contributed by atoms with E-state index in [2.05, 4.69) is 20.1 Å². The summed E-state index contributed by atoms with van der Waals surface area (Å²) in [6.07, 6.45) is 12.2. The molecule has 0 unspecified atom stereocenters. The standard InChI is InChI=1S/C23H31FN4OS/c1-30-22-27-26-20(28(22)19-10-2-3-11-19)12-7-15-25-21(29)23(13-4-5-14-23)17-8-6-9-18(24)16-17/h6,8-9,16,19H,2-5,7,10-15H2,1H3,(H,25,29). The van der Waals surface area contributed by atoms with Crippen LogP contribution < -0.4 is 5.32 Å². The Morgan fingerprint density at radius 2 is 2.00 bits per heavy atom. The number of aromatic nitrogens is 3. The second-order valence-corrected chi connectivity index (χ2v) is 9.34. The Morgan fingerprint density at radius 3 is 2.70 bits per heavy atom. The van der Waals surface area contributed by atoms with Crippen LogP contribution in [-0.4, -0.2) is 33.5 Å². The number of halogens is 1. The van der Waals surface area contributed by atoms with Gasteiger partial charge in [0.25, 0.3) is 0 Å². The maximum absolute atomic E-state index is 13.8. The van der Waals surface area contributed by atoms with E-state index in [1.165, 1.54) is 37.8 Å². The summed E-state index contributed by atoms with van der Waals surface area (Å²) in [7, 11) is 0. The lowest BCUT2D eigenvalue weighted by molar-refractivity contribution is -0.126. The van der Waals surface area contributed by atoms with Gasteiger partial charge in [0, 0.05) is 19.0 Å². The first-order valence-corrected chi connectivity index (χ1v) is 12.4. The van der Waals surface area contributed by atoms with E-state index in [4.69, 9.17) is 0 Å². The molecule has 1 heterocycles. The minimum atomic E-state index is -0.585. The minimum absolute atomic E-state index is 0.0349. The molecule has 0 aliphatic heterocycles. The largest absolute Gasteiger partial charge is 0.355 e. The molecule has 0 saturated heterocycles. The van der Waals surface area contributed by atoms with E-state index in [0.29, 0.717) is 12.6 Å². The molecule has 2 aliphatic carbocycles. The molecule has 30 heavy (non-hydrogen) atoms. The summed E-state index contributed by atoms with van der Waals surface area (Å²) in [6.45, 7) is 0.599. The van der Waals surface area contributed by atoms with Crippen molar-refractivity contribution in [2.75, 3.05) is 12.8 Å². The Hall–Kier alpha value is -1.89. The number of hydrogen-bond donors (Lipinski definition) is 1. The topological polar surface area (TPSA) is 59.8 Å². The summed E-state index contributed by atoms with van der Waals surface area (Å²) in [4.78, 5) is 13.1. The van der Waals surface area contributed by atoms with Crippen LogP contribution in [0.3, 0.4) is 0 Å². The zero-order valence-electron chi connectivity index (χ0n) is 17.7. The van der Waals surface area contributed by atoms with Crippen LogP contribution in [0.25, 0.3) is 0 Å². The van der Waals surface area contributed by atoms with E-state index < -0.39 is 5.41 Å². The summed E-state index contributed by atoms with van der Waals surface area (Å²) in [5.74, 6) is 0.788. The Labute approximate surface area is 182 Å². The van der Waals surface area contributed by atoms with Gasteiger partial charge in [-0.1, -0.05) is 49.6 Å². The van der Waals surface area contributed by atoms with Crippen LogP contribution in [0.4, 0.5) is 4.39 Å². The molecule has 0 atom stereocenters. The number of nitrogens with zero attached hydrogens (tertiary/aromatic N) is 3. The third-order valence-corrected chi connectivity index (χ3v) is 7.38. The molecule has 1 aromatic carbocycles. The fraction of sp³-hybridized carbons (Fsp3) is 0.609. The molecule has 2 aromatic rings. The number of aryl methyl sites for hydroxylation is 1. The molecule has 2 fully saturated rings. The smallest absolute Gasteiger partial charge is 0.230 e. The molecule has 0 radical (unpaired) electrons. The highest BCUT2D eigenvalue weighted by molar-refractivity contribution is 7.98. The molecular weight excluding hydrogens is 399 g/mol. The van der Waals surface area contributed by atoms with Crippen molar-refractivity contribution in [2.45, 2.75) is 80.8 Å². The van der Waals surface area contributed by atoms with Gasteiger partial charge in [-0.3, -0.25) is 4.79 Å². The van der Waals surface area contributed by atoms with E-state index in [-0.39, 0.29) is 11.7 Å². The van der Waals surface area contributed by atoms with Crippen molar-refractivity contribution in [1.29, 1.82) is 0 Å². The number of carbonyl (C=O) groups is 1. The highest BCUT2D eigenvalue weighted by atomic mass is 32.2. The summed E-state index contributed by atoms with van der Waals surface area (Å²) in [5, 5.41) is 12.9. The maximum Gasteiger partial charge on any atom is 0.230 e. The lowest BCUT2D eigenvalue weighted by atomic mass is 9.78. The number of carbonyl (C=O) groups excluding carboxylic acids is 1. The van der Waals surface area contributed by atoms with Crippen LogP contribution in [-0.2, 0) is 16.6 Å². The highest BCUT2D eigenvalue weighted by Gasteiger charge is 2.42. The molecular formula is C23H31FN4OS. The SMILES string of the molecule is CSc1nnc(CCCNC(=O)C2(c3cccc(F)c3)CCCC2)n1C1CCCC1.